The summed E-state index contributed by atoms with van der Waals surface area (Å²) in [6.07, 6.45) is 3.87. The Balaban J connectivity index is 0.00000162. The Morgan fingerprint density at radius 2 is 2.11 bits per heavy atom. The summed E-state index contributed by atoms with van der Waals surface area (Å²) in [6, 6.07) is 8.25. The van der Waals surface area contributed by atoms with Gasteiger partial charge in [0.05, 0.1) is 0 Å². The van der Waals surface area contributed by atoms with Crippen molar-refractivity contribution >= 4 is 30.1 Å². The monoisotopic (exact) mass is 268 g/mol. The molecule has 18 heavy (non-hydrogen) atoms. The molecule has 0 aliphatic carbocycles. The number of nitrogens with one attached hydrogen (secondary N) is 2. The van der Waals surface area contributed by atoms with Gasteiger partial charge < -0.3 is 15.7 Å². The molecule has 1 aromatic carbocycles. The van der Waals surface area contributed by atoms with Gasteiger partial charge in [-0.15, -0.1) is 12.4 Å². The number of hydrogen-bond acceptors (Lipinski definition) is 3. The summed E-state index contributed by atoms with van der Waals surface area (Å²) in [5, 5.41) is 15.2. The zero-order valence-corrected chi connectivity index (χ0v) is 10.7. The van der Waals surface area contributed by atoms with Crippen molar-refractivity contribution in [3.05, 3.63) is 35.9 Å². The standard InChI is InChI=1S/C13H16N2O2.ClH/c16-13(17)6-3-10-1-4-11(5-2-10)15-12-7-8-14-9-12;/h1-6,12,14-15H,7-9H2,(H,16,17);1H/b6-3+;/t12-;/m1./s1. The maximum Gasteiger partial charge on any atom is 0.328 e. The highest BCUT2D eigenvalue weighted by Gasteiger charge is 2.13. The lowest BCUT2D eigenvalue weighted by Gasteiger charge is -2.12. The van der Waals surface area contributed by atoms with Crippen LogP contribution in [-0.2, 0) is 4.79 Å². The predicted molar refractivity (Wildman–Crippen MR) is 75.3 cm³/mol. The van der Waals surface area contributed by atoms with Gasteiger partial charge in [-0.25, -0.2) is 4.79 Å². The highest BCUT2D eigenvalue weighted by atomic mass is 35.5. The lowest BCUT2D eigenvalue weighted by atomic mass is 10.1. The first-order valence-electron chi connectivity index (χ1n) is 5.72. The molecule has 1 fully saturated rings. The van der Waals surface area contributed by atoms with Gasteiger partial charge in [0.2, 0.25) is 0 Å². The van der Waals surface area contributed by atoms with Crippen molar-refractivity contribution in [2.24, 2.45) is 0 Å². The fourth-order valence-corrected chi connectivity index (χ4v) is 1.87. The summed E-state index contributed by atoms with van der Waals surface area (Å²) in [5.74, 6) is -0.927. The van der Waals surface area contributed by atoms with Crippen LogP contribution in [0.2, 0.25) is 0 Å². The molecular formula is C13H17ClN2O2. The highest BCUT2D eigenvalue weighted by molar-refractivity contribution is 5.85. The molecule has 1 aliphatic rings. The average molecular weight is 269 g/mol. The van der Waals surface area contributed by atoms with Crippen molar-refractivity contribution in [3.8, 4) is 0 Å². The van der Waals surface area contributed by atoms with Crippen molar-refractivity contribution in [2.75, 3.05) is 18.4 Å². The van der Waals surface area contributed by atoms with Gasteiger partial charge in [0, 0.05) is 24.4 Å². The first-order chi connectivity index (χ1) is 8.24. The molecule has 4 nitrogen and oxygen atoms in total. The second-order valence-electron chi connectivity index (χ2n) is 4.13. The quantitative estimate of drug-likeness (QED) is 0.731. The van der Waals surface area contributed by atoms with E-state index in [9.17, 15) is 4.79 Å². The smallest absolute Gasteiger partial charge is 0.328 e. The summed E-state index contributed by atoms with van der Waals surface area (Å²) < 4.78 is 0. The molecule has 1 aromatic rings. The Kier molecular flexibility index (Phi) is 5.68. The van der Waals surface area contributed by atoms with Gasteiger partial charge in [-0.05, 0) is 36.7 Å². The molecule has 3 N–H and O–H groups in total. The maximum atomic E-state index is 10.4. The molecular weight excluding hydrogens is 252 g/mol. The van der Waals surface area contributed by atoms with Crippen LogP contribution in [0, 0.1) is 0 Å². The van der Waals surface area contributed by atoms with E-state index in [0.29, 0.717) is 6.04 Å². The molecule has 1 aliphatic heterocycles. The summed E-state index contributed by atoms with van der Waals surface area (Å²) in [6.45, 7) is 2.07. The van der Waals surface area contributed by atoms with Crippen LogP contribution in [0.25, 0.3) is 6.08 Å². The van der Waals surface area contributed by atoms with Crippen molar-refractivity contribution in [2.45, 2.75) is 12.5 Å². The van der Waals surface area contributed by atoms with E-state index in [4.69, 9.17) is 5.11 Å². The average Bonchev–Trinajstić information content (AvgIpc) is 2.81. The number of carboxylic acid groups (broad SMARTS) is 1. The van der Waals surface area contributed by atoms with Gasteiger partial charge >= 0.3 is 5.97 Å². The van der Waals surface area contributed by atoms with E-state index in [1.807, 2.05) is 24.3 Å². The van der Waals surface area contributed by atoms with Gasteiger partial charge in [0.1, 0.15) is 0 Å². The molecule has 5 heteroatoms. The van der Waals surface area contributed by atoms with E-state index < -0.39 is 5.97 Å². The molecule has 0 radical (unpaired) electrons. The van der Waals surface area contributed by atoms with Crippen LogP contribution in [0.3, 0.4) is 0 Å². The Morgan fingerprint density at radius 3 is 2.67 bits per heavy atom. The fraction of sp³-hybridized carbons (Fsp3) is 0.308. The third-order valence-electron chi connectivity index (χ3n) is 2.76. The summed E-state index contributed by atoms with van der Waals surface area (Å²) >= 11 is 0. The molecule has 1 atom stereocenters. The van der Waals surface area contributed by atoms with Crippen molar-refractivity contribution in [1.82, 2.24) is 5.32 Å². The minimum Gasteiger partial charge on any atom is -0.478 e. The lowest BCUT2D eigenvalue weighted by Crippen LogP contribution is -2.21. The van der Waals surface area contributed by atoms with Crippen molar-refractivity contribution in [1.29, 1.82) is 0 Å². The van der Waals surface area contributed by atoms with Gasteiger partial charge in [0.15, 0.2) is 0 Å². The molecule has 2 rings (SSSR count). The number of anilines is 1. The van der Waals surface area contributed by atoms with Crippen molar-refractivity contribution < 1.29 is 9.90 Å². The number of hydrogen-bond donors (Lipinski definition) is 3. The molecule has 0 aromatic heterocycles. The lowest BCUT2D eigenvalue weighted by molar-refractivity contribution is -0.131. The summed E-state index contributed by atoms with van der Waals surface area (Å²) in [7, 11) is 0. The van der Waals surface area contributed by atoms with Crippen LogP contribution < -0.4 is 10.6 Å². The van der Waals surface area contributed by atoms with Crippen LogP contribution in [0.15, 0.2) is 30.3 Å². The van der Waals surface area contributed by atoms with E-state index in [-0.39, 0.29) is 12.4 Å². The Morgan fingerprint density at radius 1 is 1.39 bits per heavy atom. The second kappa shape index (κ2) is 7.03. The Labute approximate surface area is 112 Å². The summed E-state index contributed by atoms with van der Waals surface area (Å²) in [5.41, 5.74) is 1.97. The first kappa shape index (κ1) is 14.5. The topological polar surface area (TPSA) is 61.4 Å². The minimum atomic E-state index is -0.927. The van der Waals surface area contributed by atoms with E-state index >= 15 is 0 Å². The molecule has 98 valence electrons. The van der Waals surface area contributed by atoms with Crippen molar-refractivity contribution in [3.63, 3.8) is 0 Å². The van der Waals surface area contributed by atoms with E-state index in [1.54, 1.807) is 6.08 Å². The molecule has 1 heterocycles. The second-order valence-corrected chi connectivity index (χ2v) is 4.13. The number of halogens is 1. The zero-order valence-electron chi connectivity index (χ0n) is 9.93. The van der Waals surface area contributed by atoms with Gasteiger partial charge in [-0.2, -0.15) is 0 Å². The van der Waals surface area contributed by atoms with E-state index in [1.165, 1.54) is 0 Å². The van der Waals surface area contributed by atoms with E-state index in [0.717, 1.165) is 36.8 Å². The van der Waals surface area contributed by atoms with Gasteiger partial charge in [0.25, 0.3) is 0 Å². The number of carboxylic acids is 1. The Hall–Kier alpha value is -1.52. The third-order valence-corrected chi connectivity index (χ3v) is 2.76. The third kappa shape index (κ3) is 4.39. The van der Waals surface area contributed by atoms with Crippen LogP contribution in [-0.4, -0.2) is 30.2 Å². The molecule has 0 spiro atoms. The SMILES string of the molecule is Cl.O=C(O)/C=C/c1ccc(N[C@@H]2CCNC2)cc1. The Bertz CT molecular complexity index is 412. The number of carbonyl (C=O) groups is 1. The van der Waals surface area contributed by atoms with Crippen LogP contribution in [0.4, 0.5) is 5.69 Å². The maximum absolute atomic E-state index is 10.4. The first-order valence-corrected chi connectivity index (χ1v) is 5.72. The highest BCUT2D eigenvalue weighted by Crippen LogP contribution is 2.13. The molecule has 0 bridgehead atoms. The van der Waals surface area contributed by atoms with Gasteiger partial charge in [-0.1, -0.05) is 12.1 Å². The molecule has 1 saturated heterocycles. The number of aliphatic carboxylic acids is 1. The van der Waals surface area contributed by atoms with E-state index in [2.05, 4.69) is 10.6 Å². The van der Waals surface area contributed by atoms with Gasteiger partial charge in [-0.3, -0.25) is 0 Å². The summed E-state index contributed by atoms with van der Waals surface area (Å²) in [4.78, 5) is 10.4. The normalized spacial score (nSPS) is 18.6. The predicted octanol–water partition coefficient (Wildman–Crippen LogP) is 1.98. The van der Waals surface area contributed by atoms with Crippen LogP contribution >= 0.6 is 12.4 Å². The number of rotatable bonds is 4. The van der Waals surface area contributed by atoms with Crippen LogP contribution in [0.5, 0.6) is 0 Å². The largest absolute Gasteiger partial charge is 0.478 e. The molecule has 0 unspecified atom stereocenters. The molecule has 0 amide bonds. The minimum absolute atomic E-state index is 0. The number of benzene rings is 1. The molecule has 0 saturated carbocycles. The zero-order chi connectivity index (χ0) is 12.1. The fourth-order valence-electron chi connectivity index (χ4n) is 1.87. The van der Waals surface area contributed by atoms with Crippen LogP contribution in [0.1, 0.15) is 12.0 Å².